The fourth-order valence-electron chi connectivity index (χ4n) is 10.7. The molecular formula is C58H36N6. The molecule has 6 nitrogen and oxygen atoms in total. The van der Waals surface area contributed by atoms with E-state index in [-0.39, 0.29) is 0 Å². The molecule has 0 saturated heterocycles. The third-order valence-electron chi connectivity index (χ3n) is 13.3. The molecule has 0 N–H and O–H groups in total. The highest BCUT2D eigenvalue weighted by atomic mass is 15.2. The first-order chi connectivity index (χ1) is 31.8. The van der Waals surface area contributed by atoms with Crippen molar-refractivity contribution in [3.8, 4) is 34.1 Å². The van der Waals surface area contributed by atoms with Gasteiger partial charge in [-0.1, -0.05) is 146 Å². The Morgan fingerprint density at radius 3 is 0.750 bits per heavy atom. The standard InChI is InChI=1S/C58H36N6/c1-9-25-46-38(17-1)39-18-2-10-26-47(39)61(46)55-54(37-33-35-59-36-34-37)56(62-48-27-11-3-19-40(48)41-20-4-12-28-49(41)62)58(64-52-31-15-7-23-44(52)45-24-8-16-32-53(45)64)60-57(55)63-50-29-13-5-21-42(50)43-22-6-14-30-51(43)63/h1-36H. The Bertz CT molecular complexity index is 3740. The van der Waals surface area contributed by atoms with E-state index in [1.165, 1.54) is 43.1 Å². The highest BCUT2D eigenvalue weighted by Crippen LogP contribution is 2.48. The Labute approximate surface area is 366 Å². The molecule has 14 aromatic rings. The number of benzene rings is 8. The summed E-state index contributed by atoms with van der Waals surface area (Å²) in [5.74, 6) is 1.63. The molecule has 0 spiro atoms. The number of hydrogen-bond acceptors (Lipinski definition) is 2. The van der Waals surface area contributed by atoms with Gasteiger partial charge in [-0.2, -0.15) is 0 Å². The van der Waals surface area contributed by atoms with Crippen molar-refractivity contribution in [1.29, 1.82) is 0 Å². The molecule has 64 heavy (non-hydrogen) atoms. The van der Waals surface area contributed by atoms with Crippen LogP contribution in [0.15, 0.2) is 219 Å². The minimum atomic E-state index is 0.817. The Balaban J connectivity index is 1.33. The van der Waals surface area contributed by atoms with E-state index in [2.05, 4.69) is 230 Å². The lowest BCUT2D eigenvalue weighted by atomic mass is 10.0. The maximum absolute atomic E-state index is 6.25. The van der Waals surface area contributed by atoms with Crippen LogP contribution in [0.5, 0.6) is 0 Å². The number of pyridine rings is 2. The molecule has 6 aromatic heterocycles. The Hall–Kier alpha value is -8.74. The van der Waals surface area contributed by atoms with Gasteiger partial charge in [-0.15, -0.1) is 0 Å². The number of aromatic nitrogens is 6. The van der Waals surface area contributed by atoms with Crippen LogP contribution in [0, 0.1) is 0 Å². The first-order valence-corrected chi connectivity index (χ1v) is 21.8. The third kappa shape index (κ3) is 4.74. The second kappa shape index (κ2) is 13.4. The normalized spacial score (nSPS) is 12.1. The summed E-state index contributed by atoms with van der Waals surface area (Å²) in [6.45, 7) is 0. The lowest BCUT2D eigenvalue weighted by molar-refractivity contribution is 0.961. The van der Waals surface area contributed by atoms with Crippen LogP contribution in [-0.4, -0.2) is 28.2 Å². The first kappa shape index (κ1) is 34.9. The van der Waals surface area contributed by atoms with Crippen LogP contribution in [0.2, 0.25) is 0 Å². The molecule has 0 aliphatic heterocycles. The van der Waals surface area contributed by atoms with Gasteiger partial charge in [0, 0.05) is 61.0 Å². The van der Waals surface area contributed by atoms with Crippen molar-refractivity contribution < 1.29 is 0 Å². The fraction of sp³-hybridized carbons (Fsp3) is 0. The lowest BCUT2D eigenvalue weighted by Crippen LogP contribution is -2.16. The number of nitrogens with zero attached hydrogens (tertiary/aromatic N) is 6. The van der Waals surface area contributed by atoms with Crippen LogP contribution >= 0.6 is 0 Å². The van der Waals surface area contributed by atoms with Crippen molar-refractivity contribution >= 4 is 87.2 Å². The highest BCUT2D eigenvalue weighted by molar-refractivity contribution is 6.15. The minimum Gasteiger partial charge on any atom is -0.305 e. The van der Waals surface area contributed by atoms with Crippen LogP contribution in [0.4, 0.5) is 0 Å². The van der Waals surface area contributed by atoms with Gasteiger partial charge in [-0.05, 0) is 66.2 Å². The van der Waals surface area contributed by atoms with Gasteiger partial charge < -0.3 is 9.13 Å². The summed E-state index contributed by atoms with van der Waals surface area (Å²) in [5.41, 5.74) is 12.7. The summed E-state index contributed by atoms with van der Waals surface area (Å²) >= 11 is 0. The molecule has 0 fully saturated rings. The molecule has 0 aliphatic rings. The predicted octanol–water partition coefficient (Wildman–Crippen LogP) is 14.5. The van der Waals surface area contributed by atoms with Crippen LogP contribution < -0.4 is 0 Å². The van der Waals surface area contributed by atoms with E-state index >= 15 is 0 Å². The van der Waals surface area contributed by atoms with Crippen molar-refractivity contribution in [2.75, 3.05) is 0 Å². The summed E-state index contributed by atoms with van der Waals surface area (Å²) in [6.07, 6.45) is 3.84. The molecule has 0 amide bonds. The van der Waals surface area contributed by atoms with Gasteiger partial charge in [0.2, 0.25) is 0 Å². The maximum atomic E-state index is 6.25. The SMILES string of the molecule is c1ccc2c(c1)c1ccccc1n2-c1nc(-n2c3ccccc3c3ccccc32)c(-n2c3ccccc3c3ccccc32)c(-c2ccncc2)c1-n1c2ccccc2c2ccccc21. The van der Waals surface area contributed by atoms with Crippen LogP contribution in [0.1, 0.15) is 0 Å². The number of fused-ring (bicyclic) bond motifs is 12. The van der Waals surface area contributed by atoms with Crippen molar-refractivity contribution in [3.05, 3.63) is 219 Å². The van der Waals surface area contributed by atoms with Crippen LogP contribution in [0.25, 0.3) is 121 Å². The zero-order chi connectivity index (χ0) is 41.9. The van der Waals surface area contributed by atoms with Gasteiger partial charge in [-0.3, -0.25) is 14.1 Å². The summed E-state index contributed by atoms with van der Waals surface area (Å²) in [7, 11) is 0. The summed E-state index contributed by atoms with van der Waals surface area (Å²) < 4.78 is 9.75. The maximum Gasteiger partial charge on any atom is 0.165 e. The smallest absolute Gasteiger partial charge is 0.165 e. The second-order valence-electron chi connectivity index (χ2n) is 16.5. The lowest BCUT2D eigenvalue weighted by Gasteiger charge is -2.26. The largest absolute Gasteiger partial charge is 0.305 e. The van der Waals surface area contributed by atoms with E-state index in [0.29, 0.717) is 0 Å². The zero-order valence-corrected chi connectivity index (χ0v) is 34.5. The average molecular weight is 817 g/mol. The highest BCUT2D eigenvalue weighted by Gasteiger charge is 2.32. The van der Waals surface area contributed by atoms with E-state index in [9.17, 15) is 0 Å². The Morgan fingerprint density at radius 1 is 0.250 bits per heavy atom. The molecule has 0 atom stereocenters. The predicted molar refractivity (Wildman–Crippen MR) is 265 cm³/mol. The van der Waals surface area contributed by atoms with Gasteiger partial charge in [0.05, 0.1) is 44.1 Å². The monoisotopic (exact) mass is 816 g/mol. The van der Waals surface area contributed by atoms with Gasteiger partial charge in [0.25, 0.3) is 0 Å². The van der Waals surface area contributed by atoms with Gasteiger partial charge in [0.15, 0.2) is 11.6 Å². The number of hydrogen-bond donors (Lipinski definition) is 0. The minimum absolute atomic E-state index is 0.817. The second-order valence-corrected chi connectivity index (χ2v) is 16.5. The molecule has 0 radical (unpaired) electrons. The Kier molecular flexibility index (Phi) is 7.30. The van der Waals surface area contributed by atoms with Crippen LogP contribution in [-0.2, 0) is 0 Å². The van der Waals surface area contributed by atoms with Crippen molar-refractivity contribution in [1.82, 2.24) is 28.2 Å². The molecule has 14 rings (SSSR count). The first-order valence-electron chi connectivity index (χ1n) is 21.8. The van der Waals surface area contributed by atoms with Crippen LogP contribution in [0.3, 0.4) is 0 Å². The molecule has 0 saturated carbocycles. The summed E-state index contributed by atoms with van der Waals surface area (Å²) in [4.78, 5) is 10.9. The summed E-state index contributed by atoms with van der Waals surface area (Å²) in [5, 5.41) is 9.39. The molecule has 0 aliphatic carbocycles. The molecule has 8 aromatic carbocycles. The van der Waals surface area contributed by atoms with E-state index in [1.54, 1.807) is 0 Å². The average Bonchev–Trinajstić information content (AvgIpc) is 4.09. The topological polar surface area (TPSA) is 45.5 Å². The molecule has 298 valence electrons. The number of rotatable bonds is 5. The van der Waals surface area contributed by atoms with Gasteiger partial charge >= 0.3 is 0 Å². The quantitative estimate of drug-likeness (QED) is 0.174. The van der Waals surface area contributed by atoms with Crippen molar-refractivity contribution in [3.63, 3.8) is 0 Å². The van der Waals surface area contributed by atoms with E-state index in [0.717, 1.165) is 78.3 Å². The summed E-state index contributed by atoms with van der Waals surface area (Å²) in [6, 6.07) is 74.5. The molecular weight excluding hydrogens is 781 g/mol. The molecule has 6 heteroatoms. The van der Waals surface area contributed by atoms with Crippen molar-refractivity contribution in [2.24, 2.45) is 0 Å². The molecule has 0 bridgehead atoms. The molecule has 6 heterocycles. The Morgan fingerprint density at radius 2 is 0.484 bits per heavy atom. The fourth-order valence-corrected chi connectivity index (χ4v) is 10.7. The van der Waals surface area contributed by atoms with Gasteiger partial charge in [-0.25, -0.2) is 4.98 Å². The van der Waals surface area contributed by atoms with E-state index in [1.807, 2.05) is 12.4 Å². The zero-order valence-electron chi connectivity index (χ0n) is 34.5. The van der Waals surface area contributed by atoms with E-state index < -0.39 is 0 Å². The van der Waals surface area contributed by atoms with E-state index in [4.69, 9.17) is 4.98 Å². The van der Waals surface area contributed by atoms with Crippen molar-refractivity contribution in [2.45, 2.75) is 0 Å². The number of para-hydroxylation sites is 8. The third-order valence-corrected chi connectivity index (χ3v) is 13.3. The molecule has 0 unspecified atom stereocenters. The van der Waals surface area contributed by atoms with Gasteiger partial charge in [0.1, 0.15) is 11.4 Å².